The molecular formula is C42H60N8O4. The van der Waals surface area contributed by atoms with Gasteiger partial charge in [0.25, 0.3) is 23.6 Å². The van der Waals surface area contributed by atoms with Gasteiger partial charge in [0.05, 0.1) is 22.3 Å². The van der Waals surface area contributed by atoms with E-state index < -0.39 is 0 Å². The van der Waals surface area contributed by atoms with Crippen molar-refractivity contribution in [3.8, 4) is 0 Å². The molecule has 0 radical (unpaired) electrons. The average Bonchev–Trinajstić information content (AvgIpc) is 4.03. The van der Waals surface area contributed by atoms with Crippen LogP contribution >= 0.6 is 0 Å². The summed E-state index contributed by atoms with van der Waals surface area (Å²) in [7, 11) is 0. The molecule has 0 unspecified atom stereocenters. The van der Waals surface area contributed by atoms with E-state index in [2.05, 4.69) is 30.2 Å². The lowest BCUT2D eigenvalue weighted by molar-refractivity contribution is 0.0584. The van der Waals surface area contributed by atoms with Crippen LogP contribution in [-0.4, -0.2) is 158 Å². The molecule has 292 valence electrons. The topological polar surface area (TPSA) is 112 Å². The summed E-state index contributed by atoms with van der Waals surface area (Å²) in [4.78, 5) is 70.7. The summed E-state index contributed by atoms with van der Waals surface area (Å²) >= 11 is 0. The number of amides is 4. The Morgan fingerprint density at radius 2 is 0.722 bits per heavy atom. The Hall–Kier alpha value is -3.58. The largest absolute Gasteiger partial charge is 0.384 e. The van der Waals surface area contributed by atoms with Gasteiger partial charge in [-0.2, -0.15) is 0 Å². The van der Waals surface area contributed by atoms with Gasteiger partial charge in [-0.3, -0.25) is 29.0 Å². The highest BCUT2D eigenvalue weighted by Crippen LogP contribution is 2.44. The third-order valence-electron chi connectivity index (χ3n) is 12.7. The lowest BCUT2D eigenvalue weighted by atomic mass is 9.83. The van der Waals surface area contributed by atoms with Crippen LogP contribution in [0.1, 0.15) is 118 Å². The van der Waals surface area contributed by atoms with Gasteiger partial charge in [-0.05, 0) is 168 Å². The Labute approximate surface area is 320 Å². The minimum atomic E-state index is -0.342. The van der Waals surface area contributed by atoms with E-state index in [1.807, 2.05) is 12.1 Å². The molecule has 0 saturated carbocycles. The van der Waals surface area contributed by atoms with Gasteiger partial charge in [-0.1, -0.05) is 0 Å². The number of carbonyl (C=O) groups is 4. The fourth-order valence-electron chi connectivity index (χ4n) is 9.83. The van der Waals surface area contributed by atoms with Crippen LogP contribution in [-0.2, 0) is 0 Å². The number of carbonyl (C=O) groups excluding carboxylic acids is 4. The van der Waals surface area contributed by atoms with Crippen molar-refractivity contribution in [3.63, 3.8) is 0 Å². The molecule has 8 rings (SSSR count). The lowest BCUT2D eigenvalue weighted by Gasteiger charge is -2.35. The average molecular weight is 741 g/mol. The lowest BCUT2D eigenvalue weighted by Crippen LogP contribution is -2.45. The van der Waals surface area contributed by atoms with Crippen LogP contribution in [0.4, 0.5) is 11.4 Å². The highest BCUT2D eigenvalue weighted by molar-refractivity contribution is 6.36. The molecule has 4 amide bonds. The number of likely N-dealkylation sites (tertiary alicyclic amines) is 4. The van der Waals surface area contributed by atoms with Gasteiger partial charge in [-0.15, -0.1) is 0 Å². The highest BCUT2D eigenvalue weighted by Gasteiger charge is 2.42. The molecule has 0 spiro atoms. The SMILES string of the molecule is O=C1c2cc(NCCCN3CCCC3)c3c4c(cc(NCCCN5CCCC5)c(c24)C(=O)N1CCCN1CCCC1)C(=O)N(CCCN1CCCC1)C3=O. The van der Waals surface area contributed by atoms with E-state index >= 15 is 0 Å². The van der Waals surface area contributed by atoms with Crippen molar-refractivity contribution < 1.29 is 19.2 Å². The van der Waals surface area contributed by atoms with E-state index in [-0.39, 0.29) is 23.6 Å². The fraction of sp³-hybridized carbons (Fsp3) is 0.667. The maximum absolute atomic E-state index is 14.6. The first kappa shape index (κ1) is 37.3. The van der Waals surface area contributed by atoms with Crippen LogP contribution in [0.25, 0.3) is 10.8 Å². The maximum Gasteiger partial charge on any atom is 0.263 e. The number of anilines is 2. The van der Waals surface area contributed by atoms with E-state index in [1.165, 1.54) is 61.2 Å². The summed E-state index contributed by atoms with van der Waals surface area (Å²) in [5.74, 6) is -1.36. The van der Waals surface area contributed by atoms with E-state index in [0.29, 0.717) is 83.4 Å². The van der Waals surface area contributed by atoms with Crippen molar-refractivity contribution in [2.24, 2.45) is 0 Å². The van der Waals surface area contributed by atoms with Gasteiger partial charge in [-0.25, -0.2) is 0 Å². The van der Waals surface area contributed by atoms with Crippen LogP contribution in [0.15, 0.2) is 12.1 Å². The number of nitrogens with zero attached hydrogens (tertiary/aromatic N) is 6. The molecule has 6 heterocycles. The Bertz CT molecular complexity index is 1600. The number of hydrogen-bond donors (Lipinski definition) is 2. The van der Waals surface area contributed by atoms with Crippen LogP contribution < -0.4 is 10.6 Å². The Morgan fingerprint density at radius 3 is 1.06 bits per heavy atom. The van der Waals surface area contributed by atoms with Crippen molar-refractivity contribution in [2.45, 2.75) is 77.0 Å². The standard InChI is InChI=1S/C42H60N8O4/c51-39-31-29-33(43-13-9-23-45-15-1-2-16-45)37-35-32(40(52)49(41(37)53)27-11-25-47-19-5-6-20-47)30-34(44-14-10-24-46-17-3-4-18-46)38(36(31)35)42(54)50(39)28-12-26-48-21-7-8-22-48/h29-30,43-44H,1-28H2. The summed E-state index contributed by atoms with van der Waals surface area (Å²) < 4.78 is 0. The summed E-state index contributed by atoms with van der Waals surface area (Å²) in [6.07, 6.45) is 12.9. The van der Waals surface area contributed by atoms with Crippen LogP contribution in [0, 0.1) is 0 Å². The normalized spacial score (nSPS) is 21.2. The Balaban J connectivity index is 1.14. The first-order valence-corrected chi connectivity index (χ1v) is 21.2. The number of benzene rings is 2. The minimum Gasteiger partial charge on any atom is -0.384 e. The molecule has 0 aromatic heterocycles. The molecule has 4 saturated heterocycles. The predicted molar refractivity (Wildman–Crippen MR) is 213 cm³/mol. The molecule has 54 heavy (non-hydrogen) atoms. The maximum atomic E-state index is 14.6. The fourth-order valence-corrected chi connectivity index (χ4v) is 9.83. The van der Waals surface area contributed by atoms with E-state index in [1.54, 1.807) is 0 Å². The minimum absolute atomic E-state index is 0.328. The van der Waals surface area contributed by atoms with Gasteiger partial charge in [0.15, 0.2) is 0 Å². The monoisotopic (exact) mass is 740 g/mol. The van der Waals surface area contributed by atoms with E-state index in [0.717, 1.165) is 91.4 Å². The Kier molecular flexibility index (Phi) is 11.8. The zero-order valence-electron chi connectivity index (χ0n) is 32.3. The molecule has 0 atom stereocenters. The van der Waals surface area contributed by atoms with E-state index in [4.69, 9.17) is 0 Å². The number of hydrogen-bond acceptors (Lipinski definition) is 10. The second-order valence-corrected chi connectivity index (χ2v) is 16.4. The molecule has 4 fully saturated rings. The van der Waals surface area contributed by atoms with Crippen molar-refractivity contribution in [2.75, 3.05) is 115 Å². The van der Waals surface area contributed by atoms with Crippen molar-refractivity contribution in [3.05, 3.63) is 34.4 Å². The zero-order valence-corrected chi connectivity index (χ0v) is 32.3. The van der Waals surface area contributed by atoms with Crippen LogP contribution in [0.5, 0.6) is 0 Å². The van der Waals surface area contributed by atoms with Gasteiger partial charge in [0.2, 0.25) is 0 Å². The molecule has 2 aromatic rings. The zero-order chi connectivity index (χ0) is 37.0. The van der Waals surface area contributed by atoms with Crippen molar-refractivity contribution in [1.29, 1.82) is 0 Å². The second kappa shape index (κ2) is 17.1. The Morgan fingerprint density at radius 1 is 0.407 bits per heavy atom. The first-order valence-electron chi connectivity index (χ1n) is 21.2. The summed E-state index contributed by atoms with van der Waals surface area (Å²) in [5.41, 5.74) is 2.79. The molecule has 2 aromatic carbocycles. The molecule has 0 bridgehead atoms. The van der Waals surface area contributed by atoms with Gasteiger partial charge < -0.3 is 30.2 Å². The van der Waals surface area contributed by atoms with Gasteiger partial charge in [0.1, 0.15) is 0 Å². The second-order valence-electron chi connectivity index (χ2n) is 16.4. The highest BCUT2D eigenvalue weighted by atomic mass is 16.2. The number of nitrogens with one attached hydrogen (secondary N) is 2. The van der Waals surface area contributed by atoms with Crippen LogP contribution in [0.2, 0.25) is 0 Å². The molecule has 0 aliphatic carbocycles. The smallest absolute Gasteiger partial charge is 0.263 e. The van der Waals surface area contributed by atoms with Gasteiger partial charge in [0, 0.05) is 48.3 Å². The summed E-state index contributed by atoms with van der Waals surface area (Å²) in [5, 5.41) is 8.03. The quantitative estimate of drug-likeness (QED) is 0.163. The van der Waals surface area contributed by atoms with Crippen LogP contribution in [0.3, 0.4) is 0 Å². The molecule has 12 nitrogen and oxygen atoms in total. The first-order chi connectivity index (χ1) is 26.5. The molecule has 6 aliphatic rings. The summed E-state index contributed by atoms with van der Waals surface area (Å²) in [6.45, 7) is 14.3. The van der Waals surface area contributed by atoms with Gasteiger partial charge >= 0.3 is 0 Å². The number of rotatable bonds is 18. The molecular weight excluding hydrogens is 681 g/mol. The third-order valence-corrected chi connectivity index (χ3v) is 12.7. The third kappa shape index (κ3) is 7.76. The van der Waals surface area contributed by atoms with E-state index in [9.17, 15) is 19.2 Å². The molecule has 6 aliphatic heterocycles. The summed E-state index contributed by atoms with van der Waals surface area (Å²) in [6, 6.07) is 3.63. The molecule has 2 N–H and O–H groups in total. The number of imide groups is 2. The predicted octanol–water partition coefficient (Wildman–Crippen LogP) is 4.80. The molecule has 12 heteroatoms. The van der Waals surface area contributed by atoms with Crippen molar-refractivity contribution in [1.82, 2.24) is 29.4 Å². The van der Waals surface area contributed by atoms with Crippen molar-refractivity contribution >= 4 is 45.8 Å².